The van der Waals surface area contributed by atoms with Crippen molar-refractivity contribution in [3.05, 3.63) is 151 Å². The topological polar surface area (TPSA) is 72.7 Å². The fourth-order valence-corrected chi connectivity index (χ4v) is 8.59. The highest BCUT2D eigenvalue weighted by Crippen LogP contribution is 2.39. The molecule has 0 aliphatic carbocycles. The first-order valence-corrected chi connectivity index (χ1v) is 20.0. The summed E-state index contributed by atoms with van der Waals surface area (Å²) in [6.07, 6.45) is 14.2. The SMILES string of the molecule is C=CNC(=C)C(CCC)N1Cc2cc(N3CCC(N4CCC(c5ccc(N6C=CC(=N)/C6=C\C(=N)c6ccccc6)cc5)CC4)CC3)ccc2C1=C.CC. The molecule has 0 saturated carbocycles. The van der Waals surface area contributed by atoms with Crippen molar-refractivity contribution in [1.82, 2.24) is 15.1 Å². The molecular formula is C47H59N7. The standard InChI is InChI=1S/C45H53N7.C2H6/c1-5-10-44(32(3)48-6-2)52-31-37-29-40(17-18-41(37)33(52)4)50-26-21-38(22-27-50)49-24-19-35(20-25-49)34-13-15-39(16-14-34)51-28-23-42(46)45(51)30-43(47)36-11-8-7-9-12-36;1-2/h6-9,11-18,23,28-30,35,38,44,46-48H,2-5,10,19-22,24-27,31H2,1H3;1-2H3/b45-30+,46-42?,47-43?;. The van der Waals surface area contributed by atoms with Crippen LogP contribution >= 0.6 is 0 Å². The third-order valence-electron chi connectivity index (χ3n) is 11.5. The molecule has 4 aliphatic heterocycles. The Morgan fingerprint density at radius 2 is 1.61 bits per heavy atom. The molecule has 0 spiro atoms. The Kier molecular flexibility index (Phi) is 12.7. The van der Waals surface area contributed by atoms with Gasteiger partial charge in [0.25, 0.3) is 0 Å². The van der Waals surface area contributed by atoms with Crippen molar-refractivity contribution in [2.45, 2.75) is 83.8 Å². The van der Waals surface area contributed by atoms with Gasteiger partial charge in [0.05, 0.1) is 23.2 Å². The van der Waals surface area contributed by atoms with Crippen LogP contribution in [0.25, 0.3) is 5.70 Å². The van der Waals surface area contributed by atoms with Crippen molar-refractivity contribution in [1.29, 1.82) is 10.8 Å². The number of likely N-dealkylation sites (tertiary alicyclic amines) is 1. The van der Waals surface area contributed by atoms with Crippen LogP contribution in [0.15, 0.2) is 128 Å². The molecule has 0 bridgehead atoms. The Balaban J connectivity index is 0.00000245. The summed E-state index contributed by atoms with van der Waals surface area (Å²) in [5.74, 6) is 0.571. The molecule has 7 nitrogen and oxygen atoms in total. The average molecular weight is 722 g/mol. The minimum atomic E-state index is 0.201. The average Bonchev–Trinajstić information content (AvgIpc) is 3.75. The molecule has 1 atom stereocenters. The van der Waals surface area contributed by atoms with Crippen molar-refractivity contribution >= 4 is 28.5 Å². The molecule has 7 heteroatoms. The zero-order chi connectivity index (χ0) is 38.2. The summed E-state index contributed by atoms with van der Waals surface area (Å²) in [6.45, 7) is 24.2. The quantitative estimate of drug-likeness (QED) is 0.163. The van der Waals surface area contributed by atoms with Gasteiger partial charge in [0.15, 0.2) is 0 Å². The van der Waals surface area contributed by atoms with E-state index >= 15 is 0 Å². The first-order chi connectivity index (χ1) is 26.3. The molecular weight excluding hydrogens is 663 g/mol. The van der Waals surface area contributed by atoms with E-state index in [0.717, 1.165) is 73.9 Å². The zero-order valence-corrected chi connectivity index (χ0v) is 32.7. The first-order valence-electron chi connectivity index (χ1n) is 20.0. The number of piperidine rings is 2. The van der Waals surface area contributed by atoms with E-state index in [-0.39, 0.29) is 6.04 Å². The van der Waals surface area contributed by atoms with Gasteiger partial charge in [-0.25, -0.2) is 0 Å². The summed E-state index contributed by atoms with van der Waals surface area (Å²) in [5, 5.41) is 20.3. The van der Waals surface area contributed by atoms with Crippen molar-refractivity contribution in [2.24, 2.45) is 0 Å². The highest BCUT2D eigenvalue weighted by Gasteiger charge is 2.32. The fraction of sp³-hybridized carbons (Fsp3) is 0.362. The van der Waals surface area contributed by atoms with Crippen LogP contribution in [-0.2, 0) is 6.54 Å². The first kappa shape index (κ1) is 38.6. The number of hydrogen-bond donors (Lipinski definition) is 3. The van der Waals surface area contributed by atoms with Gasteiger partial charge in [0.2, 0.25) is 0 Å². The van der Waals surface area contributed by atoms with Gasteiger partial charge in [-0.1, -0.05) is 95.5 Å². The summed E-state index contributed by atoms with van der Waals surface area (Å²) in [6, 6.07) is 26.4. The Hall–Kier alpha value is -5.14. The molecule has 4 aliphatic rings. The van der Waals surface area contributed by atoms with Gasteiger partial charge in [-0.15, -0.1) is 0 Å². The van der Waals surface area contributed by atoms with Crippen LogP contribution in [-0.4, -0.2) is 59.5 Å². The van der Waals surface area contributed by atoms with Gasteiger partial charge in [-0.05, 0) is 110 Å². The van der Waals surface area contributed by atoms with E-state index < -0.39 is 0 Å². The van der Waals surface area contributed by atoms with Gasteiger partial charge < -0.3 is 30.3 Å². The van der Waals surface area contributed by atoms with E-state index in [1.165, 1.54) is 48.1 Å². The number of fused-ring (bicyclic) bond motifs is 1. The number of nitrogens with zero attached hydrogens (tertiary/aromatic N) is 4. The number of benzene rings is 3. The van der Waals surface area contributed by atoms with E-state index in [9.17, 15) is 0 Å². The summed E-state index contributed by atoms with van der Waals surface area (Å²) in [5.41, 5.74) is 10.9. The van der Waals surface area contributed by atoms with Crippen LogP contribution in [0.5, 0.6) is 0 Å². The minimum Gasteiger partial charge on any atom is -0.371 e. The van der Waals surface area contributed by atoms with Gasteiger partial charge in [0, 0.05) is 60.2 Å². The van der Waals surface area contributed by atoms with E-state index in [1.54, 1.807) is 18.4 Å². The number of hydrogen-bond acceptors (Lipinski definition) is 7. The van der Waals surface area contributed by atoms with Crippen LogP contribution in [0.1, 0.15) is 87.5 Å². The van der Waals surface area contributed by atoms with Gasteiger partial charge in [-0.3, -0.25) is 5.41 Å². The normalized spacial score (nSPS) is 19.1. The maximum absolute atomic E-state index is 8.58. The second-order valence-corrected chi connectivity index (χ2v) is 14.6. The van der Waals surface area contributed by atoms with E-state index in [2.05, 4.69) is 89.1 Å². The molecule has 54 heavy (non-hydrogen) atoms. The monoisotopic (exact) mass is 721 g/mol. The second-order valence-electron chi connectivity index (χ2n) is 14.6. The number of allylic oxidation sites excluding steroid dienone is 2. The third kappa shape index (κ3) is 8.32. The van der Waals surface area contributed by atoms with Gasteiger partial charge in [-0.2, -0.15) is 0 Å². The van der Waals surface area contributed by atoms with Crippen molar-refractivity contribution in [3.8, 4) is 0 Å². The molecule has 3 aromatic carbocycles. The summed E-state index contributed by atoms with van der Waals surface area (Å²) >= 11 is 0. The molecule has 0 amide bonds. The highest BCUT2D eigenvalue weighted by atomic mass is 15.2. The van der Waals surface area contributed by atoms with Crippen LogP contribution in [0, 0.1) is 10.8 Å². The third-order valence-corrected chi connectivity index (χ3v) is 11.5. The predicted octanol–water partition coefficient (Wildman–Crippen LogP) is 10.1. The Labute approximate surface area is 324 Å². The van der Waals surface area contributed by atoms with Gasteiger partial charge >= 0.3 is 0 Å². The van der Waals surface area contributed by atoms with E-state index in [0.29, 0.717) is 23.4 Å². The zero-order valence-electron chi connectivity index (χ0n) is 32.7. The van der Waals surface area contributed by atoms with Crippen LogP contribution in [0.3, 0.4) is 0 Å². The Morgan fingerprint density at radius 3 is 2.28 bits per heavy atom. The van der Waals surface area contributed by atoms with Crippen LogP contribution in [0.2, 0.25) is 0 Å². The molecule has 7 rings (SSSR count). The number of anilines is 2. The Bertz CT molecular complexity index is 1870. The van der Waals surface area contributed by atoms with E-state index in [1.807, 2.05) is 55.3 Å². The van der Waals surface area contributed by atoms with Crippen molar-refractivity contribution in [3.63, 3.8) is 0 Å². The van der Waals surface area contributed by atoms with Crippen LogP contribution in [0.4, 0.5) is 11.4 Å². The smallest absolute Gasteiger partial charge is 0.0795 e. The molecule has 0 aromatic heterocycles. The molecule has 3 aromatic rings. The molecule has 4 heterocycles. The summed E-state index contributed by atoms with van der Waals surface area (Å²) < 4.78 is 0. The van der Waals surface area contributed by atoms with Crippen molar-refractivity contribution in [2.75, 3.05) is 36.0 Å². The maximum Gasteiger partial charge on any atom is 0.0795 e. The van der Waals surface area contributed by atoms with Crippen molar-refractivity contribution < 1.29 is 0 Å². The molecule has 2 saturated heterocycles. The lowest BCUT2D eigenvalue weighted by molar-refractivity contribution is 0.132. The highest BCUT2D eigenvalue weighted by molar-refractivity contribution is 6.18. The largest absolute Gasteiger partial charge is 0.371 e. The Morgan fingerprint density at radius 1 is 0.926 bits per heavy atom. The minimum absolute atomic E-state index is 0.201. The van der Waals surface area contributed by atoms with E-state index in [4.69, 9.17) is 10.8 Å². The summed E-state index contributed by atoms with van der Waals surface area (Å²) in [7, 11) is 0. The second kappa shape index (κ2) is 17.8. The summed E-state index contributed by atoms with van der Waals surface area (Å²) in [4.78, 5) is 9.77. The fourth-order valence-electron chi connectivity index (χ4n) is 8.59. The lowest BCUT2D eigenvalue weighted by atomic mass is 9.88. The molecule has 0 radical (unpaired) electrons. The number of nitrogens with one attached hydrogen (secondary N) is 3. The molecule has 1 unspecified atom stereocenters. The lowest BCUT2D eigenvalue weighted by Gasteiger charge is -2.42. The van der Waals surface area contributed by atoms with Gasteiger partial charge in [0.1, 0.15) is 0 Å². The predicted molar refractivity (Wildman–Crippen MR) is 229 cm³/mol. The van der Waals surface area contributed by atoms with Crippen LogP contribution < -0.4 is 15.1 Å². The number of rotatable bonds is 12. The molecule has 2 fully saturated rings. The molecule has 282 valence electrons. The maximum atomic E-state index is 8.58. The lowest BCUT2D eigenvalue weighted by Crippen LogP contribution is -2.47. The molecule has 3 N–H and O–H groups in total.